The Balaban J connectivity index is 1.32. The molecule has 0 spiro atoms. The second-order valence-electron chi connectivity index (χ2n) is 9.90. The summed E-state index contributed by atoms with van der Waals surface area (Å²) in [6.07, 6.45) is 1.65. The predicted molar refractivity (Wildman–Crippen MR) is 187 cm³/mol. The molecule has 0 aliphatic carbocycles. The molecule has 3 N–H and O–H groups in total. The normalized spacial score (nSPS) is 11.7. The average molecular weight is 683 g/mol. The summed E-state index contributed by atoms with van der Waals surface area (Å²) in [7, 11) is 0. The van der Waals surface area contributed by atoms with Gasteiger partial charge in [0.05, 0.1) is 18.7 Å². The van der Waals surface area contributed by atoms with Crippen LogP contribution in [-0.4, -0.2) is 35.3 Å². The van der Waals surface area contributed by atoms with Gasteiger partial charge in [-0.25, -0.2) is 4.98 Å². The number of esters is 1. The summed E-state index contributed by atoms with van der Waals surface area (Å²) >= 11 is 3.98. The minimum Gasteiger partial charge on any atom is -0.466 e. The number of nitrogens with zero attached hydrogens (tertiary/aromatic N) is 1. The van der Waals surface area contributed by atoms with Gasteiger partial charge in [-0.05, 0) is 60.3 Å². The van der Waals surface area contributed by atoms with Crippen LogP contribution in [0.5, 0.6) is 0 Å². The summed E-state index contributed by atoms with van der Waals surface area (Å²) in [5.74, 6) is -1.58. The number of amides is 3. The van der Waals surface area contributed by atoms with Crippen molar-refractivity contribution in [2.45, 2.75) is 23.5 Å². The topological polar surface area (TPSA) is 126 Å². The predicted octanol–water partition coefficient (Wildman–Crippen LogP) is 7.19. The van der Waals surface area contributed by atoms with E-state index in [4.69, 9.17) is 4.74 Å². The van der Waals surface area contributed by atoms with Crippen LogP contribution < -0.4 is 16.0 Å². The maximum atomic E-state index is 13.6. The van der Waals surface area contributed by atoms with Crippen molar-refractivity contribution in [2.24, 2.45) is 0 Å². The summed E-state index contributed by atoms with van der Waals surface area (Å²) in [6, 6.07) is 28.9. The quantitative estimate of drug-likeness (QED) is 0.0682. The van der Waals surface area contributed by atoms with Crippen LogP contribution in [0.3, 0.4) is 0 Å². The molecule has 0 aliphatic heterocycles. The van der Waals surface area contributed by atoms with Crippen LogP contribution >= 0.6 is 34.4 Å². The van der Waals surface area contributed by atoms with Gasteiger partial charge in [0.15, 0.2) is 5.13 Å². The van der Waals surface area contributed by atoms with Gasteiger partial charge < -0.3 is 20.7 Å². The minimum absolute atomic E-state index is 0.0236. The summed E-state index contributed by atoms with van der Waals surface area (Å²) in [6.45, 7) is 2.02. The zero-order valence-electron chi connectivity index (χ0n) is 25.2. The Labute approximate surface area is 284 Å². The third-order valence-corrected chi connectivity index (χ3v) is 9.33. The number of aromatic nitrogens is 1. The van der Waals surface area contributed by atoms with E-state index in [0.717, 1.165) is 15.3 Å². The van der Waals surface area contributed by atoms with Crippen molar-refractivity contribution >= 4 is 75.0 Å². The highest BCUT2D eigenvalue weighted by atomic mass is 32.2. The van der Waals surface area contributed by atoms with Crippen LogP contribution in [0, 0.1) is 0 Å². The van der Waals surface area contributed by atoms with E-state index < -0.39 is 17.1 Å². The number of hydrogen-bond acceptors (Lipinski definition) is 9. The highest BCUT2D eigenvalue weighted by molar-refractivity contribution is 8.00. The van der Waals surface area contributed by atoms with Gasteiger partial charge in [-0.2, -0.15) is 0 Å². The first kappa shape index (κ1) is 33.3. The molecule has 12 heteroatoms. The van der Waals surface area contributed by atoms with Crippen molar-refractivity contribution in [1.82, 2.24) is 10.3 Å². The SMILES string of the molecule is CCOC(=O)Cc1csc(NC(=O)C(Sc2cccc(NC(=O)/C(=C/c3cccs3)NC(=O)c3ccccc3)c2)c2ccccc2)n1. The van der Waals surface area contributed by atoms with Gasteiger partial charge in [0.1, 0.15) is 10.9 Å². The fourth-order valence-electron chi connectivity index (χ4n) is 4.32. The lowest BCUT2D eigenvalue weighted by atomic mass is 10.1. The van der Waals surface area contributed by atoms with E-state index in [1.165, 1.54) is 34.4 Å². The second kappa shape index (κ2) is 16.5. The van der Waals surface area contributed by atoms with Crippen molar-refractivity contribution in [3.63, 3.8) is 0 Å². The molecule has 1 unspecified atom stereocenters. The molecular formula is C35H30N4O5S3. The van der Waals surface area contributed by atoms with Crippen LogP contribution in [0.15, 0.2) is 118 Å². The lowest BCUT2D eigenvalue weighted by molar-refractivity contribution is -0.142. The van der Waals surface area contributed by atoms with Crippen molar-refractivity contribution in [2.75, 3.05) is 17.2 Å². The lowest BCUT2D eigenvalue weighted by Gasteiger charge is -2.17. The molecule has 2 heterocycles. The number of carbonyl (C=O) groups is 4. The first-order valence-corrected chi connectivity index (χ1v) is 17.2. The number of thiazole rings is 1. The number of nitrogens with one attached hydrogen (secondary N) is 3. The van der Waals surface area contributed by atoms with Gasteiger partial charge in [-0.1, -0.05) is 60.7 Å². The third-order valence-electron chi connectivity index (χ3n) is 6.46. The summed E-state index contributed by atoms with van der Waals surface area (Å²) in [5, 5.41) is 11.8. The maximum absolute atomic E-state index is 13.6. The molecule has 3 amide bonds. The van der Waals surface area contributed by atoms with Crippen LogP contribution in [0.4, 0.5) is 10.8 Å². The van der Waals surface area contributed by atoms with Gasteiger partial charge in [0.2, 0.25) is 5.91 Å². The number of carbonyl (C=O) groups excluding carboxylic acids is 4. The number of thiophene rings is 1. The minimum atomic E-state index is -0.654. The van der Waals surface area contributed by atoms with Crippen LogP contribution in [-0.2, 0) is 25.5 Å². The molecule has 9 nitrogen and oxygen atoms in total. The molecule has 238 valence electrons. The fraction of sp³-hybridized carbons (Fsp3) is 0.114. The molecule has 0 aliphatic rings. The summed E-state index contributed by atoms with van der Waals surface area (Å²) < 4.78 is 4.99. The van der Waals surface area contributed by atoms with Crippen molar-refractivity contribution in [3.8, 4) is 0 Å². The molecule has 5 aromatic rings. The molecule has 0 saturated carbocycles. The molecule has 47 heavy (non-hydrogen) atoms. The fourth-order valence-corrected chi connectivity index (χ4v) is 6.77. The van der Waals surface area contributed by atoms with E-state index in [-0.39, 0.29) is 30.6 Å². The zero-order chi connectivity index (χ0) is 33.0. The molecule has 5 rings (SSSR count). The molecular weight excluding hydrogens is 653 g/mol. The Morgan fingerprint density at radius 3 is 2.38 bits per heavy atom. The van der Waals surface area contributed by atoms with Gasteiger partial charge >= 0.3 is 5.97 Å². The standard InChI is InChI=1S/C35H30N4O5S3/c1-2-44-30(40)20-26-22-46-35(37-26)39-34(43)31(23-11-5-3-6-12-23)47-28-16-9-15-25(19-28)36-33(42)29(21-27-17-10-18-45-27)38-32(41)24-13-7-4-8-14-24/h3-19,21-22,31H,2,20H2,1H3,(H,36,42)(H,38,41)(H,37,39,43)/b29-21-. The lowest BCUT2D eigenvalue weighted by Crippen LogP contribution is -2.30. The van der Waals surface area contributed by atoms with E-state index >= 15 is 0 Å². The molecule has 0 fully saturated rings. The van der Waals surface area contributed by atoms with E-state index in [1.807, 2.05) is 60.0 Å². The third kappa shape index (κ3) is 9.72. The van der Waals surface area contributed by atoms with Crippen LogP contribution in [0.2, 0.25) is 0 Å². The Kier molecular flexibility index (Phi) is 11.7. The highest BCUT2D eigenvalue weighted by Gasteiger charge is 2.24. The molecule has 0 bridgehead atoms. The van der Waals surface area contributed by atoms with Crippen LogP contribution in [0.1, 0.15) is 38.7 Å². The van der Waals surface area contributed by atoms with Gasteiger partial charge in [-0.15, -0.1) is 34.4 Å². The van der Waals surface area contributed by atoms with E-state index in [1.54, 1.807) is 60.8 Å². The van der Waals surface area contributed by atoms with E-state index in [2.05, 4.69) is 20.9 Å². The largest absolute Gasteiger partial charge is 0.466 e. The number of anilines is 2. The summed E-state index contributed by atoms with van der Waals surface area (Å²) in [4.78, 5) is 57.8. The van der Waals surface area contributed by atoms with Gasteiger partial charge in [0.25, 0.3) is 11.8 Å². The van der Waals surface area contributed by atoms with Crippen molar-refractivity contribution in [1.29, 1.82) is 0 Å². The van der Waals surface area contributed by atoms with Crippen molar-refractivity contribution < 1.29 is 23.9 Å². The second-order valence-corrected chi connectivity index (χ2v) is 12.9. The number of rotatable bonds is 13. The average Bonchev–Trinajstić information content (AvgIpc) is 3.76. The summed E-state index contributed by atoms with van der Waals surface area (Å²) in [5.41, 5.74) is 2.29. The van der Waals surface area contributed by atoms with E-state index in [0.29, 0.717) is 22.1 Å². The Morgan fingerprint density at radius 2 is 1.66 bits per heavy atom. The number of thioether (sulfide) groups is 1. The smallest absolute Gasteiger partial charge is 0.311 e. The van der Waals surface area contributed by atoms with Gasteiger partial charge in [-0.3, -0.25) is 19.2 Å². The molecule has 2 aromatic heterocycles. The number of hydrogen-bond donors (Lipinski definition) is 3. The molecule has 3 aromatic carbocycles. The zero-order valence-corrected chi connectivity index (χ0v) is 27.6. The Bertz CT molecular complexity index is 1860. The molecule has 0 radical (unpaired) electrons. The van der Waals surface area contributed by atoms with E-state index in [9.17, 15) is 19.2 Å². The number of ether oxygens (including phenoxy) is 1. The first-order chi connectivity index (χ1) is 22.9. The van der Waals surface area contributed by atoms with Gasteiger partial charge in [0, 0.05) is 26.4 Å². The monoisotopic (exact) mass is 682 g/mol. The first-order valence-electron chi connectivity index (χ1n) is 14.5. The molecule has 0 saturated heterocycles. The number of benzene rings is 3. The molecule has 1 atom stereocenters. The Morgan fingerprint density at radius 1 is 0.894 bits per heavy atom. The highest BCUT2D eigenvalue weighted by Crippen LogP contribution is 2.37. The Hall–Kier alpha value is -5.04. The van der Waals surface area contributed by atoms with Crippen LogP contribution in [0.25, 0.3) is 6.08 Å². The van der Waals surface area contributed by atoms with Crippen molar-refractivity contribution in [3.05, 3.63) is 135 Å². The maximum Gasteiger partial charge on any atom is 0.311 e.